The second kappa shape index (κ2) is 7.58. The molecule has 0 aromatic heterocycles. The number of rotatable bonds is 3. The molecule has 3 N–H and O–H groups in total. The molecule has 0 radical (unpaired) electrons. The Balaban J connectivity index is 1.85. The molecule has 0 saturated heterocycles. The van der Waals surface area contributed by atoms with Crippen molar-refractivity contribution in [3.63, 3.8) is 0 Å². The molecule has 1 aromatic carbocycles. The number of fused-ring (bicyclic) bond motifs is 4. The third-order valence-electron chi connectivity index (χ3n) is 6.18. The first-order chi connectivity index (χ1) is 14.2. The van der Waals surface area contributed by atoms with Gasteiger partial charge in [0.25, 0.3) is 0 Å². The zero-order valence-electron chi connectivity index (χ0n) is 17.9. The Morgan fingerprint density at radius 2 is 1.97 bits per heavy atom. The maximum Gasteiger partial charge on any atom is 0.184 e. The van der Waals surface area contributed by atoms with Crippen LogP contribution in [0.4, 0.5) is 0 Å². The van der Waals surface area contributed by atoms with Crippen molar-refractivity contribution in [1.29, 1.82) is 0 Å². The highest BCUT2D eigenvalue weighted by Gasteiger charge is 2.44. The van der Waals surface area contributed by atoms with Crippen LogP contribution in [0.5, 0.6) is 11.5 Å². The van der Waals surface area contributed by atoms with E-state index in [2.05, 4.69) is 41.4 Å². The molecule has 0 unspecified atom stereocenters. The number of nitrogens with one attached hydrogen (secondary N) is 1. The van der Waals surface area contributed by atoms with Gasteiger partial charge in [-0.1, -0.05) is 13.8 Å². The second-order valence-electron chi connectivity index (χ2n) is 8.87. The van der Waals surface area contributed by atoms with Crippen LogP contribution < -0.4 is 20.6 Å². The van der Waals surface area contributed by atoms with Gasteiger partial charge in [0.15, 0.2) is 22.4 Å². The summed E-state index contributed by atoms with van der Waals surface area (Å²) in [5, 5.41) is 4.53. The molecule has 1 aromatic rings. The van der Waals surface area contributed by atoms with Crippen LogP contribution in [0.15, 0.2) is 28.5 Å². The van der Waals surface area contributed by atoms with Crippen LogP contribution in [0.2, 0.25) is 0 Å². The van der Waals surface area contributed by atoms with Crippen LogP contribution in [-0.2, 0) is 11.2 Å². The number of ketones is 1. The van der Waals surface area contributed by atoms with Gasteiger partial charge in [-0.25, -0.2) is 0 Å². The number of thiocarbonyl (C=S) groups is 1. The van der Waals surface area contributed by atoms with Crippen LogP contribution in [0, 0.1) is 5.41 Å². The molecule has 0 spiro atoms. The van der Waals surface area contributed by atoms with Gasteiger partial charge in [0.05, 0.1) is 31.5 Å². The standard InChI is InChI=1S/C22H28N4O3S/c1-22(2)10-16-20(17(27)11-22)14(24-25-21(23)30)9-15-13-8-19(29-4)18(28-3)7-12(13)5-6-26(15)16/h7-8,15H,5-6,9-11H2,1-4H3,(H3,23,25,30)/b24-14-/t15-/m1/s1. The predicted molar refractivity (Wildman–Crippen MR) is 120 cm³/mol. The summed E-state index contributed by atoms with van der Waals surface area (Å²) in [5.74, 6) is 1.58. The summed E-state index contributed by atoms with van der Waals surface area (Å²) < 4.78 is 11.1. The average molecular weight is 429 g/mol. The van der Waals surface area contributed by atoms with Gasteiger partial charge in [-0.2, -0.15) is 5.10 Å². The third-order valence-corrected chi connectivity index (χ3v) is 6.27. The number of carbonyl (C=O) groups excluding carboxylic acids is 1. The Morgan fingerprint density at radius 3 is 2.63 bits per heavy atom. The largest absolute Gasteiger partial charge is 0.493 e. The van der Waals surface area contributed by atoms with E-state index in [-0.39, 0.29) is 22.4 Å². The minimum absolute atomic E-state index is 0.0703. The molecular formula is C22H28N4O3S. The van der Waals surface area contributed by atoms with E-state index in [1.807, 2.05) is 0 Å². The van der Waals surface area contributed by atoms with Crippen LogP contribution in [0.25, 0.3) is 0 Å². The van der Waals surface area contributed by atoms with Crippen molar-refractivity contribution in [2.75, 3.05) is 20.8 Å². The number of nitrogens with two attached hydrogens (primary N) is 1. The summed E-state index contributed by atoms with van der Waals surface area (Å²) in [6.07, 6.45) is 2.83. The third kappa shape index (κ3) is 3.53. The molecule has 160 valence electrons. The molecule has 0 saturated carbocycles. The fourth-order valence-corrected chi connectivity index (χ4v) is 4.99. The van der Waals surface area contributed by atoms with E-state index >= 15 is 0 Å². The number of benzene rings is 1. The highest BCUT2D eigenvalue weighted by Crippen LogP contribution is 2.49. The number of allylic oxidation sites excluding steroid dienone is 2. The van der Waals surface area contributed by atoms with E-state index in [1.165, 1.54) is 11.1 Å². The summed E-state index contributed by atoms with van der Waals surface area (Å²) in [7, 11) is 3.30. The highest BCUT2D eigenvalue weighted by molar-refractivity contribution is 7.80. The number of ether oxygens (including phenoxy) is 2. The topological polar surface area (TPSA) is 89.2 Å². The van der Waals surface area contributed by atoms with Crippen LogP contribution >= 0.6 is 12.2 Å². The van der Waals surface area contributed by atoms with Gasteiger partial charge in [0.1, 0.15) is 0 Å². The number of carbonyl (C=O) groups is 1. The van der Waals surface area contributed by atoms with Gasteiger partial charge in [-0.15, -0.1) is 0 Å². The molecule has 2 heterocycles. The Morgan fingerprint density at radius 1 is 1.27 bits per heavy atom. The first-order valence-corrected chi connectivity index (χ1v) is 10.5. The van der Waals surface area contributed by atoms with E-state index in [4.69, 9.17) is 27.4 Å². The molecule has 1 aliphatic carbocycles. The molecule has 2 aliphatic heterocycles. The van der Waals surface area contributed by atoms with Crippen molar-refractivity contribution in [1.82, 2.24) is 10.3 Å². The molecule has 1 atom stereocenters. The fraction of sp³-hybridized carbons (Fsp3) is 0.500. The van der Waals surface area contributed by atoms with E-state index in [1.54, 1.807) is 14.2 Å². The first-order valence-electron chi connectivity index (χ1n) is 10.1. The van der Waals surface area contributed by atoms with Gasteiger partial charge in [-0.3, -0.25) is 10.2 Å². The lowest BCUT2D eigenvalue weighted by Crippen LogP contribution is -2.46. The maximum atomic E-state index is 13.1. The highest BCUT2D eigenvalue weighted by atomic mass is 32.1. The van der Waals surface area contributed by atoms with Crippen LogP contribution in [0.1, 0.15) is 50.3 Å². The van der Waals surface area contributed by atoms with Crippen LogP contribution in [0.3, 0.4) is 0 Å². The summed E-state index contributed by atoms with van der Waals surface area (Å²) in [4.78, 5) is 15.5. The lowest BCUT2D eigenvalue weighted by molar-refractivity contribution is -0.118. The Labute approximate surface area is 182 Å². The number of nitrogens with zero attached hydrogens (tertiary/aromatic N) is 2. The van der Waals surface area contributed by atoms with Crippen molar-refractivity contribution < 1.29 is 14.3 Å². The van der Waals surface area contributed by atoms with Gasteiger partial charge in [-0.05, 0) is 53.7 Å². The molecule has 4 rings (SSSR count). The predicted octanol–water partition coefficient (Wildman–Crippen LogP) is 2.84. The van der Waals surface area contributed by atoms with Crippen molar-refractivity contribution in [2.45, 2.75) is 45.6 Å². The summed E-state index contributed by atoms with van der Waals surface area (Å²) in [6.45, 7) is 5.15. The van der Waals surface area contributed by atoms with Gasteiger partial charge in [0.2, 0.25) is 0 Å². The average Bonchev–Trinajstić information content (AvgIpc) is 2.69. The lowest BCUT2D eigenvalue weighted by Gasteiger charge is -2.48. The maximum absolute atomic E-state index is 13.1. The van der Waals surface area contributed by atoms with Gasteiger partial charge >= 0.3 is 0 Å². The second-order valence-corrected chi connectivity index (χ2v) is 9.31. The van der Waals surface area contributed by atoms with Crippen molar-refractivity contribution >= 4 is 28.8 Å². The van der Waals surface area contributed by atoms with E-state index in [0.29, 0.717) is 18.6 Å². The Bertz CT molecular complexity index is 983. The zero-order chi connectivity index (χ0) is 21.6. The molecule has 7 nitrogen and oxygen atoms in total. The zero-order valence-corrected chi connectivity index (χ0v) is 18.7. The Kier molecular flexibility index (Phi) is 5.22. The fourth-order valence-electron chi connectivity index (χ4n) is 4.94. The van der Waals surface area contributed by atoms with Crippen molar-refractivity contribution in [3.8, 4) is 11.5 Å². The number of hydrazone groups is 1. The number of hydrogen-bond acceptors (Lipinski definition) is 6. The SMILES string of the molecule is COc1cc2c(cc1OC)[C@H]1C/C(=N/NC(N)=S)C3=C(CC(C)(C)CC3=O)N1CC2. The number of Topliss-reactive ketones (excluding diaryl/α,β-unsaturated/α-hetero) is 1. The molecule has 0 fully saturated rings. The smallest absolute Gasteiger partial charge is 0.184 e. The Hall–Kier alpha value is -2.61. The first kappa shape index (κ1) is 20.7. The number of hydrogen-bond donors (Lipinski definition) is 2. The molecule has 8 heteroatoms. The minimum Gasteiger partial charge on any atom is -0.493 e. The normalized spacial score (nSPS) is 23.5. The van der Waals surface area contributed by atoms with Gasteiger partial charge in [0, 0.05) is 25.1 Å². The molecular weight excluding hydrogens is 400 g/mol. The van der Waals surface area contributed by atoms with E-state index < -0.39 is 0 Å². The van der Waals surface area contributed by atoms with Crippen LogP contribution in [-0.4, -0.2) is 42.3 Å². The summed E-state index contributed by atoms with van der Waals surface area (Å²) in [6, 6.07) is 4.20. The van der Waals surface area contributed by atoms with Crippen molar-refractivity contribution in [3.05, 3.63) is 34.5 Å². The van der Waals surface area contributed by atoms with Gasteiger partial charge < -0.3 is 20.1 Å². The van der Waals surface area contributed by atoms with Crippen molar-refractivity contribution in [2.24, 2.45) is 16.3 Å². The summed E-state index contributed by atoms with van der Waals surface area (Å²) in [5.41, 5.74) is 13.2. The summed E-state index contributed by atoms with van der Waals surface area (Å²) >= 11 is 4.93. The monoisotopic (exact) mass is 428 g/mol. The van der Waals surface area contributed by atoms with E-state index in [0.717, 1.165) is 42.1 Å². The molecule has 3 aliphatic rings. The molecule has 0 bridgehead atoms. The minimum atomic E-state index is -0.0859. The lowest BCUT2D eigenvalue weighted by atomic mass is 9.71. The quantitative estimate of drug-likeness (QED) is 0.565. The van der Waals surface area contributed by atoms with E-state index in [9.17, 15) is 4.79 Å². The molecule has 30 heavy (non-hydrogen) atoms. The number of methoxy groups -OCH3 is 2. The molecule has 0 amide bonds.